The number of amides is 1. The molecule has 1 aromatic carbocycles. The van der Waals surface area contributed by atoms with E-state index in [1.54, 1.807) is 19.1 Å². The summed E-state index contributed by atoms with van der Waals surface area (Å²) in [5.74, 6) is 0.445. The second kappa shape index (κ2) is 7.09. The molecule has 2 N–H and O–H groups in total. The first kappa shape index (κ1) is 15.3. The summed E-state index contributed by atoms with van der Waals surface area (Å²) in [7, 11) is 0. The summed E-state index contributed by atoms with van der Waals surface area (Å²) in [6, 6.07) is 5.69. The van der Waals surface area contributed by atoms with Crippen LogP contribution in [0.1, 0.15) is 44.3 Å². The molecule has 1 saturated carbocycles. The van der Waals surface area contributed by atoms with E-state index in [0.717, 1.165) is 17.3 Å². The molecule has 0 saturated heterocycles. The molecule has 1 fully saturated rings. The number of aliphatic hydroxyl groups is 1. The summed E-state index contributed by atoms with van der Waals surface area (Å²) < 4.78 is 6.40. The topological polar surface area (TPSA) is 58.6 Å². The average Bonchev–Trinajstić information content (AvgIpc) is 2.90. The molecule has 0 bridgehead atoms. The van der Waals surface area contributed by atoms with Crippen LogP contribution in [-0.4, -0.2) is 23.7 Å². The third kappa shape index (κ3) is 4.21. The van der Waals surface area contributed by atoms with Crippen LogP contribution in [0.15, 0.2) is 22.7 Å². The van der Waals surface area contributed by atoms with E-state index < -0.39 is 6.10 Å². The van der Waals surface area contributed by atoms with Crippen molar-refractivity contribution < 1.29 is 14.6 Å². The molecular formula is C15H20BrNO3. The van der Waals surface area contributed by atoms with Gasteiger partial charge in [-0.2, -0.15) is 0 Å². The maximum atomic E-state index is 11.8. The van der Waals surface area contributed by atoms with Crippen molar-refractivity contribution in [3.05, 3.63) is 28.2 Å². The number of nitrogens with one attached hydrogen (secondary N) is 1. The van der Waals surface area contributed by atoms with Gasteiger partial charge in [-0.05, 0) is 38.0 Å². The first-order chi connectivity index (χ1) is 9.56. The third-order valence-corrected chi connectivity index (χ3v) is 3.99. The molecule has 1 aromatic rings. The highest BCUT2D eigenvalue weighted by Crippen LogP contribution is 2.28. The van der Waals surface area contributed by atoms with E-state index in [4.69, 9.17) is 4.74 Å². The Hall–Kier alpha value is -1.07. The van der Waals surface area contributed by atoms with E-state index >= 15 is 0 Å². The minimum Gasteiger partial charge on any atom is -0.483 e. The van der Waals surface area contributed by atoms with Crippen molar-refractivity contribution in [3.63, 3.8) is 0 Å². The Morgan fingerprint density at radius 1 is 1.50 bits per heavy atom. The number of hydrogen-bond acceptors (Lipinski definition) is 3. The summed E-state index contributed by atoms with van der Waals surface area (Å²) >= 11 is 3.36. The molecule has 0 aromatic heterocycles. The predicted molar refractivity (Wildman–Crippen MR) is 80.7 cm³/mol. The fourth-order valence-electron chi connectivity index (χ4n) is 2.46. The molecule has 1 atom stereocenters. The monoisotopic (exact) mass is 341 g/mol. The highest BCUT2D eigenvalue weighted by atomic mass is 79.9. The average molecular weight is 342 g/mol. The van der Waals surface area contributed by atoms with Gasteiger partial charge in [0.2, 0.25) is 0 Å². The maximum absolute atomic E-state index is 11.8. The van der Waals surface area contributed by atoms with Crippen molar-refractivity contribution in [1.29, 1.82) is 0 Å². The number of carbonyl (C=O) groups is 1. The smallest absolute Gasteiger partial charge is 0.258 e. The molecule has 20 heavy (non-hydrogen) atoms. The lowest BCUT2D eigenvalue weighted by atomic mass is 10.1. The van der Waals surface area contributed by atoms with Gasteiger partial charge in [-0.25, -0.2) is 0 Å². The second-order valence-electron chi connectivity index (χ2n) is 5.20. The molecule has 0 radical (unpaired) electrons. The number of halogens is 1. The predicted octanol–water partition coefficient (Wildman–Crippen LogP) is 2.94. The molecule has 5 heteroatoms. The van der Waals surface area contributed by atoms with Crippen LogP contribution in [0.25, 0.3) is 0 Å². The molecule has 110 valence electrons. The summed E-state index contributed by atoms with van der Waals surface area (Å²) in [6.07, 6.45) is 3.85. The lowest BCUT2D eigenvalue weighted by Crippen LogP contribution is -2.36. The highest BCUT2D eigenvalue weighted by molar-refractivity contribution is 9.10. The van der Waals surface area contributed by atoms with Crippen LogP contribution in [0.2, 0.25) is 0 Å². The summed E-state index contributed by atoms with van der Waals surface area (Å²) in [5, 5.41) is 12.7. The molecule has 1 amide bonds. The van der Waals surface area contributed by atoms with E-state index in [2.05, 4.69) is 21.2 Å². The quantitative estimate of drug-likeness (QED) is 0.865. The van der Waals surface area contributed by atoms with Gasteiger partial charge in [-0.1, -0.05) is 28.8 Å². The Kier molecular flexibility index (Phi) is 5.43. The van der Waals surface area contributed by atoms with Crippen LogP contribution in [0.5, 0.6) is 5.75 Å². The largest absolute Gasteiger partial charge is 0.483 e. The van der Waals surface area contributed by atoms with E-state index in [-0.39, 0.29) is 12.5 Å². The lowest BCUT2D eigenvalue weighted by Gasteiger charge is -2.15. The normalized spacial score (nSPS) is 16.9. The van der Waals surface area contributed by atoms with E-state index in [0.29, 0.717) is 17.4 Å². The number of ether oxygens (including phenoxy) is 1. The zero-order valence-electron chi connectivity index (χ0n) is 11.6. The Morgan fingerprint density at radius 3 is 2.85 bits per heavy atom. The minimum absolute atomic E-state index is 0.0160. The van der Waals surface area contributed by atoms with Gasteiger partial charge < -0.3 is 15.2 Å². The molecule has 1 aliphatic carbocycles. The molecule has 4 nitrogen and oxygen atoms in total. The van der Waals surface area contributed by atoms with Crippen molar-refractivity contribution in [3.8, 4) is 5.75 Å². The van der Waals surface area contributed by atoms with Crippen molar-refractivity contribution in [2.24, 2.45) is 0 Å². The maximum Gasteiger partial charge on any atom is 0.258 e. The number of aliphatic hydroxyl groups excluding tert-OH is 1. The number of rotatable bonds is 5. The van der Waals surface area contributed by atoms with Gasteiger partial charge in [0.1, 0.15) is 5.75 Å². The number of carbonyl (C=O) groups excluding carboxylic acids is 1. The van der Waals surface area contributed by atoms with Crippen LogP contribution in [0.4, 0.5) is 0 Å². The fraction of sp³-hybridized carbons (Fsp3) is 0.533. The van der Waals surface area contributed by atoms with Crippen LogP contribution in [-0.2, 0) is 4.79 Å². The summed E-state index contributed by atoms with van der Waals surface area (Å²) in [6.45, 7) is 1.66. The van der Waals surface area contributed by atoms with Crippen molar-refractivity contribution >= 4 is 21.8 Å². The van der Waals surface area contributed by atoms with Crippen molar-refractivity contribution in [1.82, 2.24) is 5.32 Å². The first-order valence-corrected chi connectivity index (χ1v) is 7.75. The van der Waals surface area contributed by atoms with Crippen molar-refractivity contribution in [2.45, 2.75) is 44.8 Å². The Bertz CT molecular complexity index is 470. The zero-order valence-corrected chi connectivity index (χ0v) is 13.1. The minimum atomic E-state index is -0.639. The van der Waals surface area contributed by atoms with Crippen molar-refractivity contribution in [2.75, 3.05) is 6.61 Å². The Balaban J connectivity index is 1.91. The standard InChI is InChI=1S/C15H20BrNO3/c1-10(18)13-8-11(16)6-7-14(13)20-9-15(19)17-12-4-2-3-5-12/h6-8,10,12,18H,2-5,9H2,1H3,(H,17,19)/t10-/m1/s1. The van der Waals surface area contributed by atoms with Crippen LogP contribution < -0.4 is 10.1 Å². The lowest BCUT2D eigenvalue weighted by molar-refractivity contribution is -0.123. The molecule has 1 aliphatic rings. The van der Waals surface area contributed by atoms with E-state index in [1.165, 1.54) is 12.8 Å². The van der Waals surface area contributed by atoms with E-state index in [1.807, 2.05) is 6.07 Å². The zero-order chi connectivity index (χ0) is 14.5. The summed E-state index contributed by atoms with van der Waals surface area (Å²) in [5.41, 5.74) is 0.674. The van der Waals surface area contributed by atoms with Crippen LogP contribution >= 0.6 is 15.9 Å². The Morgan fingerprint density at radius 2 is 2.20 bits per heavy atom. The van der Waals surface area contributed by atoms with Gasteiger partial charge in [0.25, 0.3) is 5.91 Å². The number of benzene rings is 1. The second-order valence-corrected chi connectivity index (χ2v) is 6.11. The van der Waals surface area contributed by atoms with Gasteiger partial charge >= 0.3 is 0 Å². The highest BCUT2D eigenvalue weighted by Gasteiger charge is 2.18. The van der Waals surface area contributed by atoms with Gasteiger partial charge in [0.05, 0.1) is 6.10 Å². The van der Waals surface area contributed by atoms with Crippen LogP contribution in [0, 0.1) is 0 Å². The SMILES string of the molecule is C[C@@H](O)c1cc(Br)ccc1OCC(=O)NC1CCCC1. The number of hydrogen-bond donors (Lipinski definition) is 2. The molecule has 0 aliphatic heterocycles. The van der Waals surface area contributed by atoms with Gasteiger partial charge in [-0.15, -0.1) is 0 Å². The van der Waals surface area contributed by atoms with E-state index in [9.17, 15) is 9.90 Å². The Labute approximate surface area is 127 Å². The molecular weight excluding hydrogens is 322 g/mol. The first-order valence-electron chi connectivity index (χ1n) is 6.96. The molecule has 0 unspecified atom stereocenters. The van der Waals surface area contributed by atoms with Gasteiger partial charge in [-0.3, -0.25) is 4.79 Å². The molecule has 2 rings (SSSR count). The van der Waals surface area contributed by atoms with Crippen LogP contribution in [0.3, 0.4) is 0 Å². The molecule has 0 spiro atoms. The van der Waals surface area contributed by atoms with Gasteiger partial charge in [0.15, 0.2) is 6.61 Å². The molecule has 0 heterocycles. The fourth-order valence-corrected chi connectivity index (χ4v) is 2.84. The third-order valence-electron chi connectivity index (χ3n) is 3.50. The summed E-state index contributed by atoms with van der Waals surface area (Å²) in [4.78, 5) is 11.8. The van der Waals surface area contributed by atoms with Gasteiger partial charge in [0, 0.05) is 16.1 Å².